The zero-order valence-electron chi connectivity index (χ0n) is 11.8. The fraction of sp³-hybridized carbons (Fsp3) is 0.188. The maximum atomic E-state index is 12.0. The first-order valence-electron chi connectivity index (χ1n) is 6.86. The second kappa shape index (κ2) is 5.75. The number of anilines is 1. The van der Waals surface area contributed by atoms with Crippen molar-refractivity contribution in [2.75, 3.05) is 5.32 Å². The Labute approximate surface area is 122 Å². The van der Waals surface area contributed by atoms with E-state index in [4.69, 9.17) is 0 Å². The summed E-state index contributed by atoms with van der Waals surface area (Å²) >= 11 is 0. The second-order valence-electron chi connectivity index (χ2n) is 4.90. The molecule has 106 valence electrons. The average molecular weight is 280 g/mol. The van der Waals surface area contributed by atoms with Gasteiger partial charge in [-0.3, -0.25) is 9.78 Å². The number of hydrogen-bond acceptors (Lipinski definition) is 3. The molecule has 3 aromatic heterocycles. The number of pyridine rings is 2. The van der Waals surface area contributed by atoms with Gasteiger partial charge < -0.3 is 9.72 Å². The largest absolute Gasteiger partial charge is 0.326 e. The minimum Gasteiger partial charge on any atom is -0.326 e. The average Bonchev–Trinajstić information content (AvgIpc) is 2.88. The van der Waals surface area contributed by atoms with Crippen molar-refractivity contribution in [3.05, 3.63) is 60.4 Å². The number of fused-ring (bicyclic) bond motifs is 1. The van der Waals surface area contributed by atoms with Gasteiger partial charge in [0, 0.05) is 36.6 Å². The van der Waals surface area contributed by atoms with Crippen molar-refractivity contribution in [2.45, 2.75) is 19.8 Å². The lowest BCUT2D eigenvalue weighted by atomic mass is 10.2. The molecule has 0 spiro atoms. The molecule has 0 saturated heterocycles. The summed E-state index contributed by atoms with van der Waals surface area (Å²) in [5.41, 5.74) is 2.70. The zero-order valence-corrected chi connectivity index (χ0v) is 11.8. The molecule has 0 unspecified atom stereocenters. The Hall–Kier alpha value is -2.69. The highest BCUT2D eigenvalue weighted by Crippen LogP contribution is 2.10. The first-order chi connectivity index (χ1) is 10.2. The van der Waals surface area contributed by atoms with E-state index in [1.165, 1.54) is 0 Å². The predicted molar refractivity (Wildman–Crippen MR) is 81.1 cm³/mol. The number of nitrogens with one attached hydrogen (secondary N) is 1. The summed E-state index contributed by atoms with van der Waals surface area (Å²) in [4.78, 5) is 20.5. The van der Waals surface area contributed by atoms with Gasteiger partial charge in [0.25, 0.3) is 0 Å². The summed E-state index contributed by atoms with van der Waals surface area (Å²) in [5.74, 6) is 0.875. The van der Waals surface area contributed by atoms with Gasteiger partial charge >= 0.3 is 0 Å². The molecule has 5 heteroatoms. The van der Waals surface area contributed by atoms with Crippen molar-refractivity contribution in [3.63, 3.8) is 0 Å². The van der Waals surface area contributed by atoms with Crippen molar-refractivity contribution in [2.24, 2.45) is 0 Å². The quantitative estimate of drug-likeness (QED) is 0.799. The van der Waals surface area contributed by atoms with Crippen LogP contribution in [0.25, 0.3) is 5.52 Å². The summed E-state index contributed by atoms with van der Waals surface area (Å²) in [5, 5.41) is 2.88. The Morgan fingerprint density at radius 2 is 2.19 bits per heavy atom. The van der Waals surface area contributed by atoms with Crippen LogP contribution in [0.5, 0.6) is 0 Å². The highest BCUT2D eigenvalue weighted by molar-refractivity contribution is 5.90. The lowest BCUT2D eigenvalue weighted by molar-refractivity contribution is -0.116. The Morgan fingerprint density at radius 3 is 3.05 bits per heavy atom. The number of carbonyl (C=O) groups excluding carboxylic acids is 1. The first-order valence-corrected chi connectivity index (χ1v) is 6.86. The Bertz CT molecular complexity index is 779. The summed E-state index contributed by atoms with van der Waals surface area (Å²) < 4.78 is 2.00. The van der Waals surface area contributed by atoms with Crippen molar-refractivity contribution in [1.82, 2.24) is 14.4 Å². The van der Waals surface area contributed by atoms with Crippen LogP contribution in [0, 0.1) is 6.92 Å². The Kier molecular flexibility index (Phi) is 3.64. The summed E-state index contributed by atoms with van der Waals surface area (Å²) in [6, 6.07) is 9.56. The molecule has 0 saturated carbocycles. The fourth-order valence-corrected chi connectivity index (χ4v) is 2.26. The van der Waals surface area contributed by atoms with Crippen molar-refractivity contribution in [1.29, 1.82) is 0 Å². The van der Waals surface area contributed by atoms with Gasteiger partial charge in [0.15, 0.2) is 0 Å². The van der Waals surface area contributed by atoms with E-state index in [0.717, 1.165) is 22.7 Å². The Morgan fingerprint density at radius 1 is 1.29 bits per heavy atom. The van der Waals surface area contributed by atoms with Gasteiger partial charge in [-0.05, 0) is 31.2 Å². The van der Waals surface area contributed by atoms with Crippen LogP contribution in [-0.2, 0) is 11.2 Å². The molecule has 1 amide bonds. The van der Waals surface area contributed by atoms with Gasteiger partial charge in [-0.25, -0.2) is 4.98 Å². The molecule has 1 N–H and O–H groups in total. The smallest absolute Gasteiger partial charge is 0.224 e. The van der Waals surface area contributed by atoms with Crippen LogP contribution >= 0.6 is 0 Å². The summed E-state index contributed by atoms with van der Waals surface area (Å²) in [6.45, 7) is 1.90. The third-order valence-electron chi connectivity index (χ3n) is 3.27. The number of amides is 1. The van der Waals surface area contributed by atoms with Gasteiger partial charge in [-0.15, -0.1) is 0 Å². The first kappa shape index (κ1) is 13.3. The van der Waals surface area contributed by atoms with Crippen LogP contribution < -0.4 is 5.32 Å². The molecule has 0 aliphatic heterocycles. The molecular weight excluding hydrogens is 264 g/mol. The Balaban J connectivity index is 1.63. The van der Waals surface area contributed by atoms with Crippen molar-refractivity contribution in [3.8, 4) is 0 Å². The number of aryl methyl sites for hydroxylation is 2. The molecule has 0 bridgehead atoms. The summed E-state index contributed by atoms with van der Waals surface area (Å²) in [7, 11) is 0. The van der Waals surface area contributed by atoms with E-state index < -0.39 is 0 Å². The highest BCUT2D eigenvalue weighted by atomic mass is 16.1. The van der Waals surface area contributed by atoms with Crippen LogP contribution in [0.2, 0.25) is 0 Å². The van der Waals surface area contributed by atoms with E-state index in [9.17, 15) is 4.79 Å². The third kappa shape index (κ3) is 3.08. The molecule has 0 aliphatic carbocycles. The number of nitrogens with zero attached hydrogens (tertiary/aromatic N) is 3. The number of hydrogen-bond donors (Lipinski definition) is 1. The zero-order chi connectivity index (χ0) is 14.7. The molecule has 0 atom stereocenters. The number of imidazole rings is 1. The van der Waals surface area contributed by atoms with Crippen LogP contribution in [0.1, 0.15) is 17.9 Å². The third-order valence-corrected chi connectivity index (χ3v) is 3.27. The van der Waals surface area contributed by atoms with Gasteiger partial charge in [0.05, 0.1) is 11.7 Å². The summed E-state index contributed by atoms with van der Waals surface area (Å²) in [6.07, 6.45) is 6.47. The maximum Gasteiger partial charge on any atom is 0.224 e. The molecule has 3 rings (SSSR count). The number of rotatable bonds is 4. The van der Waals surface area contributed by atoms with Gasteiger partial charge in [0.2, 0.25) is 5.91 Å². The SMILES string of the molecule is Cc1cc(NC(=O)CCc2ncc3ccccn23)ccn1. The van der Waals surface area contributed by atoms with Crippen molar-refractivity contribution >= 4 is 17.1 Å². The van der Waals surface area contributed by atoms with E-state index in [2.05, 4.69) is 15.3 Å². The highest BCUT2D eigenvalue weighted by Gasteiger charge is 2.07. The van der Waals surface area contributed by atoms with E-state index in [1.54, 1.807) is 12.3 Å². The van der Waals surface area contributed by atoms with Gasteiger partial charge in [-0.1, -0.05) is 6.07 Å². The van der Waals surface area contributed by atoms with Crippen LogP contribution in [0.3, 0.4) is 0 Å². The molecule has 5 nitrogen and oxygen atoms in total. The maximum absolute atomic E-state index is 12.0. The molecule has 21 heavy (non-hydrogen) atoms. The molecule has 0 radical (unpaired) electrons. The monoisotopic (exact) mass is 280 g/mol. The van der Waals surface area contributed by atoms with Crippen LogP contribution in [-0.4, -0.2) is 20.3 Å². The number of carbonyl (C=O) groups is 1. The lowest BCUT2D eigenvalue weighted by Gasteiger charge is -2.05. The van der Waals surface area contributed by atoms with Crippen molar-refractivity contribution < 1.29 is 4.79 Å². The van der Waals surface area contributed by atoms with E-state index in [-0.39, 0.29) is 5.91 Å². The van der Waals surface area contributed by atoms with E-state index in [1.807, 2.05) is 48.0 Å². The minimum absolute atomic E-state index is 0.0201. The predicted octanol–water partition coefficient (Wildman–Crippen LogP) is 2.61. The van der Waals surface area contributed by atoms with E-state index in [0.29, 0.717) is 12.8 Å². The van der Waals surface area contributed by atoms with E-state index >= 15 is 0 Å². The molecule has 3 aromatic rings. The topological polar surface area (TPSA) is 59.3 Å². The second-order valence-corrected chi connectivity index (χ2v) is 4.90. The standard InChI is InChI=1S/C16H16N4O/c1-12-10-13(7-8-17-12)19-16(21)6-5-15-18-11-14-4-2-3-9-20(14)15/h2-4,7-11H,5-6H2,1H3,(H,17,19,21). The molecule has 0 aliphatic rings. The van der Waals surface area contributed by atoms with Crippen LogP contribution in [0.4, 0.5) is 5.69 Å². The van der Waals surface area contributed by atoms with Gasteiger partial charge in [0.1, 0.15) is 5.82 Å². The minimum atomic E-state index is -0.0201. The van der Waals surface area contributed by atoms with Crippen LogP contribution in [0.15, 0.2) is 48.9 Å². The molecule has 3 heterocycles. The lowest BCUT2D eigenvalue weighted by Crippen LogP contribution is -2.13. The van der Waals surface area contributed by atoms with Gasteiger partial charge in [-0.2, -0.15) is 0 Å². The molecular formula is C16H16N4O. The normalized spacial score (nSPS) is 10.7. The number of aromatic nitrogens is 3. The fourth-order valence-electron chi connectivity index (χ4n) is 2.26. The molecule has 0 aromatic carbocycles. The molecule has 0 fully saturated rings.